The number of carbonyl (C=O) groups is 4. The number of ether oxygens (including phenoxy) is 2. The highest BCUT2D eigenvalue weighted by Gasteiger charge is 2.37. The molecule has 0 saturated carbocycles. The molecule has 0 spiro atoms. The molecule has 2 N–H and O–H groups in total. The average Bonchev–Trinajstić information content (AvgIpc) is 3.22. The van der Waals surface area contributed by atoms with Crippen LogP contribution in [0.3, 0.4) is 0 Å². The Hall–Kier alpha value is -5.44. The Balaban J connectivity index is 1.34. The molecule has 194 valence electrons. The van der Waals surface area contributed by atoms with Crippen LogP contribution in [0.25, 0.3) is 0 Å². The van der Waals surface area contributed by atoms with E-state index < -0.39 is 23.6 Å². The van der Waals surface area contributed by atoms with E-state index in [1.54, 1.807) is 80.9 Å². The molecule has 4 amide bonds. The van der Waals surface area contributed by atoms with Gasteiger partial charge in [0.15, 0.2) is 0 Å². The summed E-state index contributed by atoms with van der Waals surface area (Å²) in [6.07, 6.45) is 0. The third kappa shape index (κ3) is 5.05. The molecule has 1 heterocycles. The minimum absolute atomic E-state index is 0.107. The monoisotopic (exact) mass is 521 g/mol. The van der Waals surface area contributed by atoms with Gasteiger partial charge in [-0.15, -0.1) is 0 Å². The molecule has 1 aliphatic heterocycles. The van der Waals surface area contributed by atoms with Crippen LogP contribution in [0.4, 0.5) is 17.1 Å². The number of nitrogens with one attached hydrogen (secondary N) is 2. The molecule has 0 radical (unpaired) electrons. The first-order valence-corrected chi connectivity index (χ1v) is 11.9. The second kappa shape index (κ2) is 10.5. The summed E-state index contributed by atoms with van der Waals surface area (Å²) >= 11 is 0. The van der Waals surface area contributed by atoms with Crippen molar-refractivity contribution >= 4 is 40.7 Å². The lowest BCUT2D eigenvalue weighted by molar-refractivity contribution is 0.0923. The molecule has 5 rings (SSSR count). The molecule has 39 heavy (non-hydrogen) atoms. The summed E-state index contributed by atoms with van der Waals surface area (Å²) in [7, 11) is 3.10. The summed E-state index contributed by atoms with van der Waals surface area (Å²) in [5, 5.41) is 5.54. The average molecular weight is 522 g/mol. The summed E-state index contributed by atoms with van der Waals surface area (Å²) in [5.41, 5.74) is 2.12. The van der Waals surface area contributed by atoms with Crippen LogP contribution in [0.5, 0.6) is 11.5 Å². The van der Waals surface area contributed by atoms with Crippen LogP contribution in [-0.2, 0) is 0 Å². The molecule has 0 fully saturated rings. The zero-order chi connectivity index (χ0) is 27.5. The Morgan fingerprint density at radius 1 is 0.615 bits per heavy atom. The number of imide groups is 1. The van der Waals surface area contributed by atoms with Crippen LogP contribution in [0.15, 0.2) is 91.0 Å². The number of anilines is 3. The molecule has 0 saturated heterocycles. The number of carbonyl (C=O) groups excluding carboxylic acids is 4. The number of hydrogen-bond acceptors (Lipinski definition) is 6. The predicted octanol–water partition coefficient (Wildman–Crippen LogP) is 5.01. The SMILES string of the molecule is COc1ccc(NC(=O)c2cccc(N3C(=O)c4ccc(C(=O)Nc5ccc(OC)cc5)cc4C3=O)c2)cc1. The third-order valence-corrected chi connectivity index (χ3v) is 6.21. The molecule has 4 aromatic rings. The number of amides is 4. The Bertz CT molecular complexity index is 1600. The fourth-order valence-electron chi connectivity index (χ4n) is 4.16. The van der Waals surface area contributed by atoms with Gasteiger partial charge in [0.1, 0.15) is 11.5 Å². The Labute approximate surface area is 224 Å². The van der Waals surface area contributed by atoms with Gasteiger partial charge in [0.25, 0.3) is 23.6 Å². The number of fused-ring (bicyclic) bond motifs is 1. The topological polar surface area (TPSA) is 114 Å². The van der Waals surface area contributed by atoms with Gasteiger partial charge < -0.3 is 20.1 Å². The first kappa shape index (κ1) is 25.2. The van der Waals surface area contributed by atoms with Gasteiger partial charge in [-0.3, -0.25) is 19.2 Å². The summed E-state index contributed by atoms with van der Waals surface area (Å²) in [4.78, 5) is 53.1. The van der Waals surface area contributed by atoms with Crippen molar-refractivity contribution in [3.8, 4) is 11.5 Å². The first-order chi connectivity index (χ1) is 18.9. The Kier molecular flexibility index (Phi) is 6.79. The van der Waals surface area contributed by atoms with Gasteiger partial charge in [-0.1, -0.05) is 6.07 Å². The van der Waals surface area contributed by atoms with Gasteiger partial charge in [0.2, 0.25) is 0 Å². The van der Waals surface area contributed by atoms with Crippen molar-refractivity contribution in [2.45, 2.75) is 0 Å². The summed E-state index contributed by atoms with van der Waals surface area (Å²) < 4.78 is 10.2. The van der Waals surface area contributed by atoms with Crippen LogP contribution < -0.4 is 25.0 Å². The quantitative estimate of drug-likeness (QED) is 0.331. The van der Waals surface area contributed by atoms with Gasteiger partial charge in [-0.05, 0) is 84.9 Å². The highest BCUT2D eigenvalue weighted by molar-refractivity contribution is 6.35. The van der Waals surface area contributed by atoms with Crippen molar-refractivity contribution in [3.05, 3.63) is 113 Å². The van der Waals surface area contributed by atoms with Gasteiger partial charge in [0.05, 0.1) is 31.0 Å². The van der Waals surface area contributed by atoms with Gasteiger partial charge in [0, 0.05) is 22.5 Å². The van der Waals surface area contributed by atoms with Gasteiger partial charge >= 0.3 is 0 Å². The Morgan fingerprint density at radius 3 is 1.67 bits per heavy atom. The van der Waals surface area contributed by atoms with Crippen LogP contribution >= 0.6 is 0 Å². The minimum atomic E-state index is -0.582. The molecular formula is C30H23N3O6. The number of methoxy groups -OCH3 is 2. The standard InChI is InChI=1S/C30H23N3O6/c1-38-23-11-7-20(8-12-23)31-27(34)18-4-3-5-22(16-18)33-29(36)25-15-6-19(17-26(25)30(33)37)28(35)32-21-9-13-24(39-2)14-10-21/h3-17H,1-2H3,(H,31,34)(H,32,35). The molecule has 0 bridgehead atoms. The van der Waals surface area contributed by atoms with Crippen molar-refractivity contribution in [1.29, 1.82) is 0 Å². The van der Waals surface area contributed by atoms with E-state index in [1.807, 2.05) is 0 Å². The fourth-order valence-corrected chi connectivity index (χ4v) is 4.16. The lowest BCUT2D eigenvalue weighted by Crippen LogP contribution is -2.29. The zero-order valence-corrected chi connectivity index (χ0v) is 21.1. The molecule has 1 aliphatic rings. The second-order valence-electron chi connectivity index (χ2n) is 8.62. The van der Waals surface area contributed by atoms with Crippen molar-refractivity contribution in [2.24, 2.45) is 0 Å². The number of rotatable bonds is 7. The third-order valence-electron chi connectivity index (χ3n) is 6.21. The maximum absolute atomic E-state index is 13.3. The number of hydrogen-bond donors (Lipinski definition) is 2. The first-order valence-electron chi connectivity index (χ1n) is 11.9. The lowest BCUT2D eigenvalue weighted by atomic mass is 10.1. The van der Waals surface area contributed by atoms with E-state index in [0.717, 1.165) is 4.90 Å². The molecule has 9 heteroatoms. The van der Waals surface area contributed by atoms with Crippen LogP contribution in [0.1, 0.15) is 41.4 Å². The Morgan fingerprint density at radius 2 is 1.13 bits per heavy atom. The van der Waals surface area contributed by atoms with E-state index in [0.29, 0.717) is 22.9 Å². The molecule has 0 unspecified atom stereocenters. The van der Waals surface area contributed by atoms with E-state index in [9.17, 15) is 19.2 Å². The van der Waals surface area contributed by atoms with E-state index >= 15 is 0 Å². The lowest BCUT2D eigenvalue weighted by Gasteiger charge is -2.15. The maximum atomic E-state index is 13.3. The molecule has 0 atom stereocenters. The van der Waals surface area contributed by atoms with Crippen LogP contribution in [0, 0.1) is 0 Å². The molecule has 4 aromatic carbocycles. The summed E-state index contributed by atoms with van der Waals surface area (Å²) in [6.45, 7) is 0. The van der Waals surface area contributed by atoms with Crippen molar-refractivity contribution in [2.75, 3.05) is 29.8 Å². The van der Waals surface area contributed by atoms with E-state index in [1.165, 1.54) is 24.3 Å². The largest absolute Gasteiger partial charge is 0.497 e. The summed E-state index contributed by atoms with van der Waals surface area (Å²) in [5.74, 6) is -0.652. The van der Waals surface area contributed by atoms with Gasteiger partial charge in [-0.25, -0.2) is 4.90 Å². The van der Waals surface area contributed by atoms with E-state index in [4.69, 9.17) is 9.47 Å². The van der Waals surface area contributed by atoms with Crippen molar-refractivity contribution in [3.63, 3.8) is 0 Å². The van der Waals surface area contributed by atoms with E-state index in [-0.39, 0.29) is 27.9 Å². The number of benzene rings is 4. The second-order valence-corrected chi connectivity index (χ2v) is 8.62. The number of nitrogens with zero attached hydrogens (tertiary/aromatic N) is 1. The zero-order valence-electron chi connectivity index (χ0n) is 21.1. The molecule has 0 aromatic heterocycles. The highest BCUT2D eigenvalue weighted by atomic mass is 16.5. The predicted molar refractivity (Wildman–Crippen MR) is 146 cm³/mol. The van der Waals surface area contributed by atoms with Crippen molar-refractivity contribution < 1.29 is 28.7 Å². The summed E-state index contributed by atoms with van der Waals surface area (Å²) in [6, 6.07) is 24.2. The minimum Gasteiger partial charge on any atom is -0.497 e. The molecular weight excluding hydrogens is 498 g/mol. The molecule has 0 aliphatic carbocycles. The highest BCUT2D eigenvalue weighted by Crippen LogP contribution is 2.30. The van der Waals surface area contributed by atoms with Crippen LogP contribution in [0.2, 0.25) is 0 Å². The van der Waals surface area contributed by atoms with Crippen molar-refractivity contribution in [1.82, 2.24) is 0 Å². The smallest absolute Gasteiger partial charge is 0.266 e. The fraction of sp³-hybridized carbons (Fsp3) is 0.0667. The van der Waals surface area contributed by atoms with Crippen LogP contribution in [-0.4, -0.2) is 37.8 Å². The molecule has 9 nitrogen and oxygen atoms in total. The van der Waals surface area contributed by atoms with E-state index in [2.05, 4.69) is 10.6 Å². The normalized spacial score (nSPS) is 12.1. The maximum Gasteiger partial charge on any atom is 0.266 e. The van der Waals surface area contributed by atoms with Gasteiger partial charge in [-0.2, -0.15) is 0 Å².